The molecule has 0 aliphatic heterocycles. The van der Waals surface area contributed by atoms with E-state index in [0.717, 1.165) is 19.3 Å². The molecule has 0 bridgehead atoms. The van der Waals surface area contributed by atoms with Crippen LogP contribution in [0, 0.1) is 0 Å². The van der Waals surface area contributed by atoms with Crippen molar-refractivity contribution >= 4 is 47.3 Å². The van der Waals surface area contributed by atoms with Crippen LogP contribution in [0.4, 0.5) is 4.79 Å². The molecule has 5 amide bonds. The van der Waals surface area contributed by atoms with Gasteiger partial charge in [0.05, 0.1) is 6.54 Å². The monoisotopic (exact) mass is 690 g/mol. The van der Waals surface area contributed by atoms with E-state index in [4.69, 9.17) is 0 Å². The summed E-state index contributed by atoms with van der Waals surface area (Å²) < 4.78 is 0. The van der Waals surface area contributed by atoms with E-state index in [9.17, 15) is 33.9 Å². The van der Waals surface area contributed by atoms with Crippen LogP contribution in [0.25, 0.3) is 0 Å². The number of carbonyl (C=O) groups excluding carboxylic acids is 5. The summed E-state index contributed by atoms with van der Waals surface area (Å²) in [5.74, 6) is -1.75. The number of Topliss-reactive ketones (excluding diaryl/α,β-unsaturated/α-hetero) is 1. The number of rotatable bonds is 25. The van der Waals surface area contributed by atoms with Crippen LogP contribution < -0.4 is 31.9 Å². The van der Waals surface area contributed by atoms with Crippen molar-refractivity contribution in [3.8, 4) is 0 Å². The number of urea groups is 1. The average Bonchev–Trinajstić information content (AvgIpc) is 3.03. The molecule has 0 aromatic carbocycles. The lowest BCUT2D eigenvalue weighted by molar-refractivity contribution is -0.142. The van der Waals surface area contributed by atoms with Crippen LogP contribution in [0.1, 0.15) is 119 Å². The molecule has 0 heterocycles. The van der Waals surface area contributed by atoms with E-state index in [2.05, 4.69) is 45.7 Å². The third kappa shape index (κ3) is 32.8. The highest BCUT2D eigenvalue weighted by Gasteiger charge is 2.23. The second kappa shape index (κ2) is 34.5. The van der Waals surface area contributed by atoms with Crippen molar-refractivity contribution in [2.24, 2.45) is 0 Å². The molecule has 0 spiro atoms. The molecular weight excluding hydrogens is 624 g/mol. The maximum atomic E-state index is 12.6. The number of nitrogens with one attached hydrogen (secondary N) is 6. The van der Waals surface area contributed by atoms with E-state index in [1.54, 1.807) is 0 Å². The Morgan fingerprint density at radius 3 is 1.81 bits per heavy atom. The Labute approximate surface area is 288 Å². The van der Waals surface area contributed by atoms with Gasteiger partial charge in [-0.3, -0.25) is 19.2 Å². The maximum Gasteiger partial charge on any atom is 0.326 e. The fourth-order valence-electron chi connectivity index (χ4n) is 3.78. The molecule has 7 N–H and O–H groups in total. The fraction of sp³-hybridized carbons (Fsp3) is 0.818. The number of amides is 5. The number of unbranched alkanes of at least 4 members (excludes halogenated alkanes) is 3. The number of carboxylic acid groups (broad SMARTS) is 1. The van der Waals surface area contributed by atoms with Crippen LogP contribution in [0.5, 0.6) is 0 Å². The third-order valence-corrected chi connectivity index (χ3v) is 6.88. The summed E-state index contributed by atoms with van der Waals surface area (Å²) in [6, 6.07) is -2.00. The fourth-order valence-corrected chi connectivity index (χ4v) is 4.25. The molecule has 2 unspecified atom stereocenters. The molecule has 0 aliphatic rings. The normalized spacial score (nSPS) is 11.4. The molecule has 0 saturated carbocycles. The van der Waals surface area contributed by atoms with Crippen molar-refractivity contribution in [2.45, 2.75) is 137 Å². The van der Waals surface area contributed by atoms with Gasteiger partial charge in [-0.05, 0) is 50.5 Å². The van der Waals surface area contributed by atoms with Gasteiger partial charge in [0.15, 0.2) is 0 Å². The molecule has 0 rings (SSSR count). The Bertz CT molecular complexity index is 861. The van der Waals surface area contributed by atoms with Crippen molar-refractivity contribution in [3.63, 3.8) is 0 Å². The van der Waals surface area contributed by atoms with Crippen LogP contribution in [0.3, 0.4) is 0 Å². The van der Waals surface area contributed by atoms with E-state index in [-0.39, 0.29) is 36.6 Å². The average molecular weight is 691 g/mol. The number of aliphatic carboxylic acids is 1. The summed E-state index contributed by atoms with van der Waals surface area (Å²) in [5, 5.41) is 25.7. The molecule has 14 heteroatoms. The van der Waals surface area contributed by atoms with E-state index in [1.807, 2.05) is 40.9 Å². The molecular formula is C33H66N6O7S. The lowest BCUT2D eigenvalue weighted by atomic mass is 10.1. The predicted molar refractivity (Wildman–Crippen MR) is 192 cm³/mol. The van der Waals surface area contributed by atoms with E-state index >= 15 is 0 Å². The Kier molecular flexibility index (Phi) is 35.6. The highest BCUT2D eigenvalue weighted by molar-refractivity contribution is 7.98. The lowest BCUT2D eigenvalue weighted by Crippen LogP contribution is -2.51. The molecule has 276 valence electrons. The van der Waals surface area contributed by atoms with Gasteiger partial charge in [0.2, 0.25) is 17.7 Å². The molecule has 0 fully saturated rings. The van der Waals surface area contributed by atoms with Crippen molar-refractivity contribution in [1.29, 1.82) is 0 Å². The number of carboxylic acids is 1. The molecule has 0 aromatic rings. The minimum Gasteiger partial charge on any atom is -0.480 e. The Hall–Kier alpha value is -2.87. The van der Waals surface area contributed by atoms with Crippen LogP contribution >= 0.6 is 11.8 Å². The van der Waals surface area contributed by atoms with Crippen LogP contribution in [0.2, 0.25) is 0 Å². The summed E-state index contributed by atoms with van der Waals surface area (Å²) in [5.41, 5.74) is 0. The minimum absolute atomic E-state index is 0.158. The maximum absolute atomic E-state index is 12.6. The topological polar surface area (TPSA) is 195 Å². The van der Waals surface area contributed by atoms with Gasteiger partial charge in [0.25, 0.3) is 0 Å². The van der Waals surface area contributed by atoms with E-state index in [0.29, 0.717) is 57.5 Å². The van der Waals surface area contributed by atoms with Crippen LogP contribution in [0.15, 0.2) is 0 Å². The Morgan fingerprint density at radius 2 is 1.28 bits per heavy atom. The first kappa shape index (κ1) is 48.5. The summed E-state index contributed by atoms with van der Waals surface area (Å²) in [4.78, 5) is 72.0. The minimum atomic E-state index is -1.19. The molecule has 0 saturated heterocycles. The lowest BCUT2D eigenvalue weighted by Gasteiger charge is -2.19. The second-order valence-electron chi connectivity index (χ2n) is 11.0. The first-order valence-electron chi connectivity index (χ1n) is 17.3. The molecule has 0 radical (unpaired) electrons. The number of hydrogen-bond acceptors (Lipinski definition) is 8. The standard InChI is InChI=1S/C28H52N6O7S.C3H8.C2H6/c1-5-21(35)11-7-6-9-15-30-28(41)31-16-10-8-12-23(27(39)40)34-25(37)19-32-26(38)22(14-18-42-4)33-24(36)13-17-29-20(2)3;1-3-2;1-2/h20,22-23,29H,5-19H2,1-4H3,(H,32,38)(H,33,36)(H,34,37)(H,39,40)(H2,30,31,41);3H2,1-2H3;1-2H3. The number of hydrogen-bond donors (Lipinski definition) is 7. The number of ketones is 1. The second-order valence-corrected chi connectivity index (χ2v) is 12.0. The van der Waals surface area contributed by atoms with Gasteiger partial charge < -0.3 is 37.0 Å². The van der Waals surface area contributed by atoms with Gasteiger partial charge in [0, 0.05) is 44.9 Å². The zero-order valence-electron chi connectivity index (χ0n) is 30.4. The quantitative estimate of drug-likeness (QED) is 0.0699. The summed E-state index contributed by atoms with van der Waals surface area (Å²) in [6.45, 7) is 15.0. The van der Waals surface area contributed by atoms with Crippen molar-refractivity contribution in [1.82, 2.24) is 31.9 Å². The van der Waals surface area contributed by atoms with Gasteiger partial charge >= 0.3 is 12.0 Å². The highest BCUT2D eigenvalue weighted by Crippen LogP contribution is 2.04. The van der Waals surface area contributed by atoms with Gasteiger partial charge in [-0.1, -0.05) is 61.3 Å². The van der Waals surface area contributed by atoms with E-state index < -0.39 is 36.4 Å². The van der Waals surface area contributed by atoms with Crippen LogP contribution in [-0.2, 0) is 24.0 Å². The smallest absolute Gasteiger partial charge is 0.326 e. The zero-order chi connectivity index (χ0) is 36.5. The predicted octanol–water partition coefficient (Wildman–Crippen LogP) is 3.75. The van der Waals surface area contributed by atoms with Crippen molar-refractivity contribution in [3.05, 3.63) is 0 Å². The van der Waals surface area contributed by atoms with Crippen molar-refractivity contribution in [2.75, 3.05) is 38.2 Å². The van der Waals surface area contributed by atoms with Gasteiger partial charge in [-0.2, -0.15) is 11.8 Å². The van der Waals surface area contributed by atoms with Gasteiger partial charge in [-0.15, -0.1) is 0 Å². The Balaban J connectivity index is -0.00000364. The number of thioether (sulfide) groups is 1. The first-order chi connectivity index (χ1) is 22.4. The van der Waals surface area contributed by atoms with Gasteiger partial charge in [0.1, 0.15) is 17.9 Å². The molecule has 0 aliphatic carbocycles. The number of carbonyl (C=O) groups is 6. The van der Waals surface area contributed by atoms with Gasteiger partial charge in [-0.25, -0.2) is 9.59 Å². The highest BCUT2D eigenvalue weighted by atomic mass is 32.2. The molecule has 2 atom stereocenters. The SMILES string of the molecule is CC.CCC.CCC(=O)CCCCCNC(=O)NCCCCC(NC(=O)CNC(=O)C(CCSC)NC(=O)CCNC(C)C)C(=O)O. The molecule has 47 heavy (non-hydrogen) atoms. The molecule has 13 nitrogen and oxygen atoms in total. The zero-order valence-corrected chi connectivity index (χ0v) is 31.2. The van der Waals surface area contributed by atoms with Crippen molar-refractivity contribution < 1.29 is 33.9 Å². The van der Waals surface area contributed by atoms with E-state index in [1.165, 1.54) is 18.2 Å². The molecule has 0 aromatic heterocycles. The largest absolute Gasteiger partial charge is 0.480 e. The van der Waals surface area contributed by atoms with Crippen LogP contribution in [-0.4, -0.2) is 96.9 Å². The first-order valence-corrected chi connectivity index (χ1v) is 18.7. The summed E-state index contributed by atoms with van der Waals surface area (Å²) in [6.07, 6.45) is 8.46. The summed E-state index contributed by atoms with van der Waals surface area (Å²) in [7, 11) is 0. The Morgan fingerprint density at radius 1 is 0.702 bits per heavy atom. The third-order valence-electron chi connectivity index (χ3n) is 6.24. The summed E-state index contributed by atoms with van der Waals surface area (Å²) >= 11 is 1.53.